The van der Waals surface area contributed by atoms with Crippen molar-refractivity contribution in [2.24, 2.45) is 0 Å². The fourth-order valence-corrected chi connectivity index (χ4v) is 4.37. The molecule has 1 fully saturated rings. The van der Waals surface area contributed by atoms with Gasteiger partial charge in [0.15, 0.2) is 5.78 Å². The van der Waals surface area contributed by atoms with Crippen LogP contribution in [0, 0.1) is 0 Å². The molecule has 1 amide bonds. The van der Waals surface area contributed by atoms with Crippen LogP contribution in [-0.4, -0.2) is 29.4 Å². The Morgan fingerprint density at radius 2 is 1.90 bits per heavy atom. The smallest absolute Gasteiger partial charge is 0.227 e. The van der Waals surface area contributed by atoms with E-state index < -0.39 is 0 Å². The lowest BCUT2D eigenvalue weighted by Gasteiger charge is -2.39. The third-order valence-corrected chi connectivity index (χ3v) is 5.81. The van der Waals surface area contributed by atoms with E-state index in [0.29, 0.717) is 24.5 Å². The van der Waals surface area contributed by atoms with Gasteiger partial charge in [0.1, 0.15) is 11.5 Å². The zero-order valence-corrected chi connectivity index (χ0v) is 16.6. The van der Waals surface area contributed by atoms with E-state index in [1.807, 2.05) is 6.07 Å². The molecule has 0 spiro atoms. The molecule has 0 radical (unpaired) electrons. The first-order chi connectivity index (χ1) is 14.1. The fraction of sp³-hybridized carbons (Fsp3) is 0.417. The summed E-state index contributed by atoms with van der Waals surface area (Å²) < 4.78 is 5.85. The summed E-state index contributed by atoms with van der Waals surface area (Å²) in [5, 5.41) is 10.4. The van der Waals surface area contributed by atoms with Gasteiger partial charge in [-0.2, -0.15) is 0 Å². The Kier molecular flexibility index (Phi) is 5.84. The molecule has 0 bridgehead atoms. The standard InChI is InChI=1S/C24H27NO4/c26-21-14-18-11-7-12-23(28)25(18)20-15-19(16-22(27)24(20)21)29-13-6-2-5-10-17-8-3-1-4-9-17/h1,3-4,8-9,15-16,18,27H,2,5-7,10-14H2. The molecular formula is C24H27NO4. The molecule has 1 saturated heterocycles. The van der Waals surface area contributed by atoms with Crippen LogP contribution in [0.2, 0.25) is 0 Å². The number of carbonyl (C=O) groups is 2. The van der Waals surface area contributed by atoms with Crippen LogP contribution in [-0.2, 0) is 11.2 Å². The number of Topliss-reactive ketones (excluding diaryl/α,β-unsaturated/α-hetero) is 1. The molecule has 29 heavy (non-hydrogen) atoms. The number of aryl methyl sites for hydroxylation is 1. The number of amides is 1. The monoisotopic (exact) mass is 393 g/mol. The van der Waals surface area contributed by atoms with Crippen molar-refractivity contribution in [2.75, 3.05) is 11.5 Å². The number of anilines is 1. The highest BCUT2D eigenvalue weighted by Gasteiger charge is 2.39. The number of rotatable bonds is 7. The molecule has 0 saturated carbocycles. The lowest BCUT2D eigenvalue weighted by atomic mass is 9.88. The van der Waals surface area contributed by atoms with Gasteiger partial charge in [-0.25, -0.2) is 0 Å². The van der Waals surface area contributed by atoms with Crippen molar-refractivity contribution in [1.82, 2.24) is 0 Å². The van der Waals surface area contributed by atoms with Gasteiger partial charge in [-0.05, 0) is 44.1 Å². The van der Waals surface area contributed by atoms with E-state index in [1.165, 1.54) is 11.6 Å². The largest absolute Gasteiger partial charge is 0.507 e. The summed E-state index contributed by atoms with van der Waals surface area (Å²) in [4.78, 5) is 26.7. The fourth-order valence-electron chi connectivity index (χ4n) is 4.37. The van der Waals surface area contributed by atoms with E-state index in [2.05, 4.69) is 24.3 Å². The van der Waals surface area contributed by atoms with Gasteiger partial charge in [0.25, 0.3) is 0 Å². The first kappa shape index (κ1) is 19.5. The summed E-state index contributed by atoms with van der Waals surface area (Å²) in [7, 11) is 0. The summed E-state index contributed by atoms with van der Waals surface area (Å²) in [6.07, 6.45) is 6.53. The lowest BCUT2D eigenvalue weighted by molar-refractivity contribution is -0.120. The molecule has 2 heterocycles. The van der Waals surface area contributed by atoms with Crippen molar-refractivity contribution < 1.29 is 19.4 Å². The third-order valence-electron chi connectivity index (χ3n) is 5.81. The SMILES string of the molecule is O=C1CC2CCCC(=O)N2c2cc(OCCCCCc3ccccc3)cc(O)c21. The van der Waals surface area contributed by atoms with Crippen molar-refractivity contribution >= 4 is 17.4 Å². The highest BCUT2D eigenvalue weighted by Crippen LogP contribution is 2.42. The quantitative estimate of drug-likeness (QED) is 0.695. The number of phenolic OH excluding ortho intramolecular Hbond substituents is 1. The van der Waals surface area contributed by atoms with Crippen LogP contribution in [0.3, 0.4) is 0 Å². The number of ketones is 1. The Labute approximate surface area is 171 Å². The highest BCUT2D eigenvalue weighted by molar-refractivity contribution is 6.11. The second kappa shape index (κ2) is 8.68. The summed E-state index contributed by atoms with van der Waals surface area (Å²) in [5.41, 5.74) is 2.11. The number of hydrogen-bond acceptors (Lipinski definition) is 4. The van der Waals surface area contributed by atoms with Gasteiger partial charge in [-0.15, -0.1) is 0 Å². The minimum atomic E-state index is -0.0964. The van der Waals surface area contributed by atoms with Gasteiger partial charge in [0.2, 0.25) is 5.91 Å². The van der Waals surface area contributed by atoms with E-state index in [4.69, 9.17) is 4.74 Å². The van der Waals surface area contributed by atoms with Crippen LogP contribution in [0.1, 0.15) is 60.9 Å². The van der Waals surface area contributed by atoms with Crippen LogP contribution >= 0.6 is 0 Å². The minimum Gasteiger partial charge on any atom is -0.507 e. The average Bonchev–Trinajstić information content (AvgIpc) is 2.71. The van der Waals surface area contributed by atoms with Gasteiger partial charge in [-0.1, -0.05) is 30.3 Å². The van der Waals surface area contributed by atoms with Crippen molar-refractivity contribution in [2.45, 2.75) is 57.4 Å². The number of piperidine rings is 1. The molecule has 2 aliphatic heterocycles. The number of nitrogens with zero attached hydrogens (tertiary/aromatic N) is 1. The van der Waals surface area contributed by atoms with Crippen LogP contribution < -0.4 is 9.64 Å². The number of ether oxygens (including phenoxy) is 1. The van der Waals surface area contributed by atoms with Crippen LogP contribution in [0.25, 0.3) is 0 Å². The highest BCUT2D eigenvalue weighted by atomic mass is 16.5. The Morgan fingerprint density at radius 3 is 2.72 bits per heavy atom. The number of aromatic hydroxyl groups is 1. The topological polar surface area (TPSA) is 66.8 Å². The van der Waals surface area contributed by atoms with Gasteiger partial charge in [0, 0.05) is 31.0 Å². The molecule has 2 aromatic rings. The van der Waals surface area contributed by atoms with Crippen molar-refractivity contribution in [3.8, 4) is 11.5 Å². The maximum Gasteiger partial charge on any atom is 0.227 e. The number of benzene rings is 2. The van der Waals surface area contributed by atoms with Crippen molar-refractivity contribution in [3.05, 3.63) is 53.6 Å². The van der Waals surface area contributed by atoms with Crippen LogP contribution in [0.4, 0.5) is 5.69 Å². The summed E-state index contributed by atoms with van der Waals surface area (Å²) >= 11 is 0. The molecule has 0 aliphatic carbocycles. The molecule has 1 N–H and O–H groups in total. The molecule has 2 aliphatic rings. The first-order valence-electron chi connectivity index (χ1n) is 10.5. The molecule has 5 nitrogen and oxygen atoms in total. The van der Waals surface area contributed by atoms with Crippen LogP contribution in [0.5, 0.6) is 11.5 Å². The number of unbranched alkanes of at least 4 members (excludes halogenated alkanes) is 2. The Morgan fingerprint density at radius 1 is 1.07 bits per heavy atom. The number of fused-ring (bicyclic) bond motifs is 3. The number of carbonyl (C=O) groups excluding carboxylic acids is 2. The van der Waals surface area contributed by atoms with E-state index in [9.17, 15) is 14.7 Å². The molecule has 5 heteroatoms. The summed E-state index contributed by atoms with van der Waals surface area (Å²) in [5.74, 6) is 0.341. The zero-order valence-electron chi connectivity index (χ0n) is 16.6. The second-order valence-electron chi connectivity index (χ2n) is 7.92. The van der Waals surface area contributed by atoms with Crippen molar-refractivity contribution in [1.29, 1.82) is 0 Å². The average molecular weight is 393 g/mol. The van der Waals surface area contributed by atoms with E-state index in [-0.39, 0.29) is 35.5 Å². The Bertz CT molecular complexity index is 893. The van der Waals surface area contributed by atoms with E-state index >= 15 is 0 Å². The first-order valence-corrected chi connectivity index (χ1v) is 10.5. The van der Waals surface area contributed by atoms with Gasteiger partial charge < -0.3 is 14.7 Å². The maximum absolute atomic E-state index is 12.5. The normalized spacial score (nSPS) is 18.3. The van der Waals surface area contributed by atoms with Gasteiger partial charge in [-0.3, -0.25) is 9.59 Å². The van der Waals surface area contributed by atoms with E-state index in [0.717, 1.165) is 38.5 Å². The summed E-state index contributed by atoms with van der Waals surface area (Å²) in [6, 6.07) is 13.6. The Balaban J connectivity index is 1.37. The molecule has 1 atom stereocenters. The third kappa shape index (κ3) is 4.29. The summed E-state index contributed by atoms with van der Waals surface area (Å²) in [6.45, 7) is 0.540. The molecule has 4 rings (SSSR count). The number of hydrogen-bond donors (Lipinski definition) is 1. The predicted molar refractivity (Wildman–Crippen MR) is 112 cm³/mol. The minimum absolute atomic E-state index is 0.0208. The number of phenols is 1. The predicted octanol–water partition coefficient (Wildman–Crippen LogP) is 4.66. The lowest BCUT2D eigenvalue weighted by Crippen LogP contribution is -2.48. The second-order valence-corrected chi connectivity index (χ2v) is 7.92. The maximum atomic E-state index is 12.5. The van der Waals surface area contributed by atoms with Gasteiger partial charge >= 0.3 is 0 Å². The molecular weight excluding hydrogens is 366 g/mol. The molecule has 152 valence electrons. The zero-order chi connectivity index (χ0) is 20.2. The molecule has 1 unspecified atom stereocenters. The van der Waals surface area contributed by atoms with Crippen molar-refractivity contribution in [3.63, 3.8) is 0 Å². The Hall–Kier alpha value is -2.82. The van der Waals surface area contributed by atoms with Crippen LogP contribution in [0.15, 0.2) is 42.5 Å². The van der Waals surface area contributed by atoms with Gasteiger partial charge in [0.05, 0.1) is 17.9 Å². The molecule has 2 aromatic carbocycles. The molecule has 0 aromatic heterocycles. The van der Waals surface area contributed by atoms with E-state index in [1.54, 1.807) is 11.0 Å².